The van der Waals surface area contributed by atoms with E-state index in [1.807, 2.05) is 12.1 Å². The lowest BCUT2D eigenvalue weighted by Crippen LogP contribution is -2.36. The van der Waals surface area contributed by atoms with E-state index in [2.05, 4.69) is 25.6 Å². The SMILES string of the molecule is CC(=O)N1CC[C@H](Nc2ncc(Cl)n(CC(=O)NCc3cnc4[nH]ccc4c3)c2=O)C1.Fc1ccccc1F. The van der Waals surface area contributed by atoms with E-state index in [9.17, 15) is 23.2 Å². The number of likely N-dealkylation sites (tertiary alicyclic amines) is 1. The van der Waals surface area contributed by atoms with Gasteiger partial charge in [0.2, 0.25) is 11.8 Å². The Morgan fingerprint density at radius 1 is 1.15 bits per heavy atom. The summed E-state index contributed by atoms with van der Waals surface area (Å²) in [6.07, 6.45) is 5.52. The number of pyridine rings is 1. The number of amides is 2. The fourth-order valence-electron chi connectivity index (χ4n) is 3.99. The minimum absolute atomic E-state index is 0.00620. The van der Waals surface area contributed by atoms with Gasteiger partial charge in [0.15, 0.2) is 17.5 Å². The van der Waals surface area contributed by atoms with Crippen LogP contribution in [-0.4, -0.2) is 55.4 Å². The van der Waals surface area contributed by atoms with Crippen molar-refractivity contribution in [3.8, 4) is 0 Å². The fraction of sp³-hybridized carbons (Fsp3) is 0.269. The van der Waals surface area contributed by atoms with Crippen molar-refractivity contribution >= 4 is 40.3 Å². The number of aromatic nitrogens is 4. The molecule has 39 heavy (non-hydrogen) atoms. The highest BCUT2D eigenvalue weighted by Gasteiger charge is 2.25. The van der Waals surface area contributed by atoms with E-state index in [0.717, 1.165) is 33.3 Å². The molecule has 5 rings (SSSR count). The van der Waals surface area contributed by atoms with Crippen LogP contribution in [0.4, 0.5) is 14.6 Å². The van der Waals surface area contributed by atoms with Crippen LogP contribution in [0.3, 0.4) is 0 Å². The van der Waals surface area contributed by atoms with Gasteiger partial charge in [0.25, 0.3) is 5.56 Å². The van der Waals surface area contributed by atoms with Gasteiger partial charge >= 0.3 is 0 Å². The first kappa shape index (κ1) is 27.7. The molecule has 3 aromatic heterocycles. The summed E-state index contributed by atoms with van der Waals surface area (Å²) in [5.74, 6) is -1.86. The molecule has 10 nitrogen and oxygen atoms in total. The van der Waals surface area contributed by atoms with Crippen molar-refractivity contribution in [3.63, 3.8) is 0 Å². The Kier molecular flexibility index (Phi) is 8.87. The van der Waals surface area contributed by atoms with Crippen molar-refractivity contribution < 1.29 is 18.4 Å². The minimum atomic E-state index is -0.799. The molecule has 0 bridgehead atoms. The second-order valence-corrected chi connectivity index (χ2v) is 9.25. The molecule has 0 unspecified atom stereocenters. The van der Waals surface area contributed by atoms with E-state index in [-0.39, 0.29) is 41.9 Å². The lowest BCUT2D eigenvalue weighted by atomic mass is 10.2. The number of rotatable bonds is 6. The zero-order chi connectivity index (χ0) is 27.9. The lowest BCUT2D eigenvalue weighted by molar-refractivity contribution is -0.127. The van der Waals surface area contributed by atoms with Gasteiger partial charge in [-0.15, -0.1) is 0 Å². The number of nitrogens with one attached hydrogen (secondary N) is 3. The van der Waals surface area contributed by atoms with Gasteiger partial charge < -0.3 is 20.5 Å². The molecular weight excluding hydrogens is 532 g/mol. The molecule has 13 heteroatoms. The average Bonchev–Trinajstić information content (AvgIpc) is 3.59. The van der Waals surface area contributed by atoms with Crippen LogP contribution in [0.5, 0.6) is 0 Å². The Labute approximate surface area is 227 Å². The van der Waals surface area contributed by atoms with Gasteiger partial charge in [-0.1, -0.05) is 23.7 Å². The van der Waals surface area contributed by atoms with Crippen molar-refractivity contribution in [2.24, 2.45) is 0 Å². The lowest BCUT2D eigenvalue weighted by Gasteiger charge is -2.16. The van der Waals surface area contributed by atoms with E-state index in [0.29, 0.717) is 19.5 Å². The van der Waals surface area contributed by atoms with Gasteiger partial charge in [-0.3, -0.25) is 19.0 Å². The van der Waals surface area contributed by atoms with Gasteiger partial charge in [0.05, 0.1) is 6.20 Å². The second-order valence-electron chi connectivity index (χ2n) is 8.87. The monoisotopic (exact) mass is 557 g/mol. The summed E-state index contributed by atoms with van der Waals surface area (Å²) >= 11 is 6.12. The molecule has 1 aliphatic rings. The third-order valence-electron chi connectivity index (χ3n) is 6.05. The van der Waals surface area contributed by atoms with Crippen LogP contribution in [0.25, 0.3) is 11.0 Å². The first-order valence-electron chi connectivity index (χ1n) is 12.1. The van der Waals surface area contributed by atoms with Crippen LogP contribution >= 0.6 is 11.6 Å². The number of nitrogens with zero attached hydrogens (tertiary/aromatic N) is 4. The van der Waals surface area contributed by atoms with Crippen LogP contribution in [0, 0.1) is 11.6 Å². The molecule has 0 radical (unpaired) electrons. The molecule has 0 aliphatic carbocycles. The van der Waals surface area contributed by atoms with Gasteiger partial charge in [-0.05, 0) is 36.2 Å². The quantitative estimate of drug-likeness (QED) is 0.335. The normalized spacial score (nSPS) is 14.6. The maximum atomic E-state index is 12.8. The summed E-state index contributed by atoms with van der Waals surface area (Å²) in [7, 11) is 0. The predicted octanol–water partition coefficient (Wildman–Crippen LogP) is 3.09. The highest BCUT2D eigenvalue weighted by molar-refractivity contribution is 6.29. The summed E-state index contributed by atoms with van der Waals surface area (Å²) in [6, 6.07) is 8.79. The zero-order valence-electron chi connectivity index (χ0n) is 21.0. The van der Waals surface area contributed by atoms with Crippen molar-refractivity contribution in [2.45, 2.75) is 32.5 Å². The number of carbonyl (C=O) groups excluding carboxylic acids is 2. The molecule has 1 aliphatic heterocycles. The molecule has 1 fully saturated rings. The Balaban J connectivity index is 0.000000379. The molecule has 1 atom stereocenters. The van der Waals surface area contributed by atoms with Crippen LogP contribution in [-0.2, 0) is 22.7 Å². The standard InChI is InChI=1S/C20H22ClN7O3.C6H4F2/c1-12(29)27-5-3-15(10-27)26-19-20(31)28(16(21)9-25-19)11-17(30)23-7-13-6-14-2-4-22-18(14)24-8-13;7-5-3-1-2-4-6(5)8/h2,4,6,8-9,15H,3,5,7,10-11H2,1H3,(H,22,24)(H,23,30)(H,25,26);1-4H/t15-;/m0./s1. The third kappa shape index (κ3) is 7.17. The zero-order valence-corrected chi connectivity index (χ0v) is 21.7. The fourth-order valence-corrected chi connectivity index (χ4v) is 4.18. The number of aromatic amines is 1. The van der Waals surface area contributed by atoms with E-state index in [1.54, 1.807) is 17.3 Å². The Hall–Kier alpha value is -4.32. The molecule has 1 saturated heterocycles. The number of anilines is 1. The molecule has 2 amide bonds. The number of benzene rings is 1. The Morgan fingerprint density at radius 2 is 1.90 bits per heavy atom. The smallest absolute Gasteiger partial charge is 0.294 e. The van der Waals surface area contributed by atoms with Crippen molar-refractivity contribution in [2.75, 3.05) is 18.4 Å². The molecule has 4 heterocycles. The van der Waals surface area contributed by atoms with E-state index >= 15 is 0 Å². The van der Waals surface area contributed by atoms with Crippen LogP contribution < -0.4 is 16.2 Å². The number of halogens is 3. The number of H-pyrrole nitrogens is 1. The van der Waals surface area contributed by atoms with Gasteiger partial charge in [0, 0.05) is 50.4 Å². The first-order valence-corrected chi connectivity index (χ1v) is 12.4. The highest BCUT2D eigenvalue weighted by Crippen LogP contribution is 2.14. The van der Waals surface area contributed by atoms with Crippen LogP contribution in [0.15, 0.2) is 59.8 Å². The molecule has 0 saturated carbocycles. The summed E-state index contributed by atoms with van der Waals surface area (Å²) in [5, 5.41) is 6.86. The highest BCUT2D eigenvalue weighted by atomic mass is 35.5. The topological polar surface area (TPSA) is 125 Å². The number of hydrogen-bond acceptors (Lipinski definition) is 6. The van der Waals surface area contributed by atoms with Crippen molar-refractivity contribution in [1.82, 2.24) is 29.7 Å². The molecule has 3 N–H and O–H groups in total. The third-order valence-corrected chi connectivity index (χ3v) is 6.35. The number of hydrogen-bond donors (Lipinski definition) is 3. The van der Waals surface area contributed by atoms with Gasteiger partial charge in [-0.25, -0.2) is 18.7 Å². The van der Waals surface area contributed by atoms with Crippen LogP contribution in [0.1, 0.15) is 18.9 Å². The summed E-state index contributed by atoms with van der Waals surface area (Å²) in [4.78, 5) is 49.8. The molecule has 4 aromatic rings. The van der Waals surface area contributed by atoms with Crippen LogP contribution in [0.2, 0.25) is 5.15 Å². The molecule has 0 spiro atoms. The minimum Gasteiger partial charge on any atom is -0.361 e. The molecule has 1 aromatic carbocycles. The van der Waals surface area contributed by atoms with E-state index in [1.165, 1.54) is 25.3 Å². The number of carbonyl (C=O) groups is 2. The Morgan fingerprint density at radius 3 is 2.56 bits per heavy atom. The summed E-state index contributed by atoms with van der Waals surface area (Å²) in [6.45, 7) is 2.68. The van der Waals surface area contributed by atoms with Crippen molar-refractivity contribution in [3.05, 3.63) is 87.7 Å². The summed E-state index contributed by atoms with van der Waals surface area (Å²) < 4.78 is 25.1. The van der Waals surface area contributed by atoms with Gasteiger partial charge in [0.1, 0.15) is 17.3 Å². The summed E-state index contributed by atoms with van der Waals surface area (Å²) in [5.41, 5.74) is 1.13. The van der Waals surface area contributed by atoms with Gasteiger partial charge in [-0.2, -0.15) is 0 Å². The van der Waals surface area contributed by atoms with E-state index < -0.39 is 17.2 Å². The molecular formula is C26H26ClF2N7O3. The Bertz CT molecular complexity index is 1520. The van der Waals surface area contributed by atoms with Crippen molar-refractivity contribution in [1.29, 1.82) is 0 Å². The average molecular weight is 558 g/mol. The predicted molar refractivity (Wildman–Crippen MR) is 142 cm³/mol. The maximum Gasteiger partial charge on any atom is 0.294 e. The molecule has 204 valence electrons. The first-order chi connectivity index (χ1) is 18.7. The van der Waals surface area contributed by atoms with E-state index in [4.69, 9.17) is 11.6 Å². The second kappa shape index (κ2) is 12.5. The largest absolute Gasteiger partial charge is 0.361 e. The number of fused-ring (bicyclic) bond motifs is 1. The maximum absolute atomic E-state index is 12.8.